The molecule has 1 aliphatic rings. The summed E-state index contributed by atoms with van der Waals surface area (Å²) in [6, 6.07) is 2.10. The van der Waals surface area contributed by atoms with Gasteiger partial charge in [-0.1, -0.05) is 0 Å². The van der Waals surface area contributed by atoms with Crippen molar-refractivity contribution in [2.24, 2.45) is 18.0 Å². The van der Waals surface area contributed by atoms with Gasteiger partial charge in [0.1, 0.15) is 0 Å². The fourth-order valence-corrected chi connectivity index (χ4v) is 2.85. The predicted molar refractivity (Wildman–Crippen MR) is 107 cm³/mol. The summed E-state index contributed by atoms with van der Waals surface area (Å²) >= 11 is 3.48. The lowest BCUT2D eigenvalue weighted by Gasteiger charge is -2.22. The van der Waals surface area contributed by atoms with Gasteiger partial charge in [0.15, 0.2) is 5.96 Å². The topological polar surface area (TPSA) is 61.7 Å². The SMILES string of the molecule is CN=C(NCCNC(=O)C1CC1)N(C)Cc1cc(Br)cn1C.I. The average Bonchev–Trinajstić information content (AvgIpc) is 3.26. The Labute approximate surface area is 163 Å². The first kappa shape index (κ1) is 20.3. The van der Waals surface area contributed by atoms with E-state index < -0.39 is 0 Å². The minimum Gasteiger partial charge on any atom is -0.354 e. The van der Waals surface area contributed by atoms with Crippen LogP contribution in [0.3, 0.4) is 0 Å². The fraction of sp³-hybridized carbons (Fsp3) is 0.600. The quantitative estimate of drug-likeness (QED) is 0.273. The van der Waals surface area contributed by atoms with Gasteiger partial charge in [-0.25, -0.2) is 0 Å². The molecule has 130 valence electrons. The van der Waals surface area contributed by atoms with E-state index in [9.17, 15) is 4.79 Å². The van der Waals surface area contributed by atoms with Crippen molar-refractivity contribution in [1.29, 1.82) is 0 Å². The van der Waals surface area contributed by atoms with Crippen molar-refractivity contribution in [3.63, 3.8) is 0 Å². The number of amides is 1. The molecule has 1 saturated carbocycles. The minimum absolute atomic E-state index is 0. The number of nitrogens with zero attached hydrogens (tertiary/aromatic N) is 3. The van der Waals surface area contributed by atoms with Crippen LogP contribution < -0.4 is 10.6 Å². The summed E-state index contributed by atoms with van der Waals surface area (Å²) in [5.74, 6) is 1.26. The maximum Gasteiger partial charge on any atom is 0.223 e. The number of nitrogens with one attached hydrogen (secondary N) is 2. The molecule has 1 heterocycles. The molecule has 1 aromatic rings. The van der Waals surface area contributed by atoms with Crippen LogP contribution in [0.5, 0.6) is 0 Å². The van der Waals surface area contributed by atoms with Gasteiger partial charge in [0, 0.05) is 56.5 Å². The summed E-state index contributed by atoms with van der Waals surface area (Å²) in [6.45, 7) is 2.06. The smallest absolute Gasteiger partial charge is 0.223 e. The highest BCUT2D eigenvalue weighted by atomic mass is 127. The van der Waals surface area contributed by atoms with Gasteiger partial charge in [0.2, 0.25) is 5.91 Å². The number of carbonyl (C=O) groups is 1. The third-order valence-electron chi connectivity index (χ3n) is 3.70. The fourth-order valence-electron chi connectivity index (χ4n) is 2.28. The molecule has 2 rings (SSSR count). The van der Waals surface area contributed by atoms with Gasteiger partial charge in [-0.05, 0) is 34.8 Å². The number of aryl methyl sites for hydroxylation is 1. The molecule has 0 bridgehead atoms. The summed E-state index contributed by atoms with van der Waals surface area (Å²) < 4.78 is 3.16. The highest BCUT2D eigenvalue weighted by Gasteiger charge is 2.28. The lowest BCUT2D eigenvalue weighted by atomic mass is 10.4. The van der Waals surface area contributed by atoms with Crippen molar-refractivity contribution >= 4 is 51.8 Å². The van der Waals surface area contributed by atoms with Crippen LogP contribution in [0.15, 0.2) is 21.7 Å². The molecule has 0 saturated heterocycles. The molecule has 2 N–H and O–H groups in total. The molecule has 0 radical (unpaired) electrons. The molecular formula is C15H25BrIN5O. The average molecular weight is 498 g/mol. The number of rotatable bonds is 6. The van der Waals surface area contributed by atoms with Crippen molar-refractivity contribution in [3.8, 4) is 0 Å². The molecule has 0 aromatic carbocycles. The van der Waals surface area contributed by atoms with E-state index in [0.29, 0.717) is 13.1 Å². The van der Waals surface area contributed by atoms with E-state index in [1.807, 2.05) is 20.3 Å². The van der Waals surface area contributed by atoms with Gasteiger partial charge >= 0.3 is 0 Å². The van der Waals surface area contributed by atoms with E-state index in [-0.39, 0.29) is 35.8 Å². The second kappa shape index (κ2) is 9.51. The Morgan fingerprint density at radius 3 is 2.61 bits per heavy atom. The first-order valence-electron chi connectivity index (χ1n) is 7.51. The maximum atomic E-state index is 11.5. The third-order valence-corrected chi connectivity index (χ3v) is 4.14. The zero-order valence-corrected chi connectivity index (χ0v) is 17.7. The van der Waals surface area contributed by atoms with Crippen LogP contribution in [-0.2, 0) is 18.4 Å². The maximum absolute atomic E-state index is 11.5. The van der Waals surface area contributed by atoms with Crippen molar-refractivity contribution < 1.29 is 4.79 Å². The van der Waals surface area contributed by atoms with Crippen LogP contribution in [0.2, 0.25) is 0 Å². The lowest BCUT2D eigenvalue weighted by molar-refractivity contribution is -0.122. The Balaban J connectivity index is 0.00000264. The van der Waals surface area contributed by atoms with E-state index in [2.05, 4.69) is 47.1 Å². The standard InChI is InChI=1S/C15H24BrN5O.HI/c1-17-15(19-7-6-18-14(22)11-4-5-11)21(3)10-13-8-12(16)9-20(13)2;/h8-9,11H,4-7,10H2,1-3H3,(H,17,19)(H,18,22);1H. The molecule has 1 aromatic heterocycles. The van der Waals surface area contributed by atoms with E-state index in [1.54, 1.807) is 7.05 Å². The molecular weight excluding hydrogens is 473 g/mol. The third kappa shape index (κ3) is 6.33. The predicted octanol–water partition coefficient (Wildman–Crippen LogP) is 1.94. The zero-order valence-electron chi connectivity index (χ0n) is 13.8. The summed E-state index contributed by atoms with van der Waals surface area (Å²) in [5, 5.41) is 6.21. The van der Waals surface area contributed by atoms with Crippen LogP contribution in [0.4, 0.5) is 0 Å². The molecule has 0 unspecified atom stereocenters. The van der Waals surface area contributed by atoms with Crippen LogP contribution in [0.1, 0.15) is 18.5 Å². The first-order valence-corrected chi connectivity index (χ1v) is 8.30. The van der Waals surface area contributed by atoms with Crippen molar-refractivity contribution in [2.45, 2.75) is 19.4 Å². The molecule has 1 fully saturated rings. The largest absolute Gasteiger partial charge is 0.354 e. The van der Waals surface area contributed by atoms with Gasteiger partial charge < -0.3 is 20.1 Å². The Morgan fingerprint density at radius 2 is 2.09 bits per heavy atom. The number of aliphatic imine (C=N–C) groups is 1. The van der Waals surface area contributed by atoms with Crippen LogP contribution in [0, 0.1) is 5.92 Å². The van der Waals surface area contributed by atoms with Crippen molar-refractivity contribution in [1.82, 2.24) is 20.1 Å². The Kier molecular flexibility index (Phi) is 8.38. The minimum atomic E-state index is 0. The molecule has 8 heteroatoms. The summed E-state index contributed by atoms with van der Waals surface area (Å²) in [5.41, 5.74) is 1.19. The Hall–Kier alpha value is -0.770. The molecule has 0 aliphatic heterocycles. The summed E-state index contributed by atoms with van der Waals surface area (Å²) in [4.78, 5) is 17.9. The zero-order chi connectivity index (χ0) is 16.1. The number of guanidine groups is 1. The van der Waals surface area contributed by atoms with Crippen LogP contribution in [0.25, 0.3) is 0 Å². The first-order chi connectivity index (χ1) is 10.5. The van der Waals surface area contributed by atoms with Crippen molar-refractivity contribution in [2.75, 3.05) is 27.2 Å². The molecule has 23 heavy (non-hydrogen) atoms. The number of hydrogen-bond acceptors (Lipinski definition) is 2. The summed E-state index contributed by atoms with van der Waals surface area (Å²) in [7, 11) is 5.79. The van der Waals surface area contributed by atoms with Gasteiger partial charge in [0.05, 0.1) is 6.54 Å². The van der Waals surface area contributed by atoms with Gasteiger partial charge in [-0.3, -0.25) is 9.79 Å². The molecule has 1 amide bonds. The van der Waals surface area contributed by atoms with E-state index in [1.165, 1.54) is 5.69 Å². The van der Waals surface area contributed by atoms with E-state index in [0.717, 1.165) is 29.8 Å². The molecule has 0 atom stereocenters. The molecule has 1 aliphatic carbocycles. The Morgan fingerprint density at radius 1 is 1.43 bits per heavy atom. The number of carbonyl (C=O) groups excluding carboxylic acids is 1. The molecule has 0 spiro atoms. The van der Waals surface area contributed by atoms with Gasteiger partial charge in [0.25, 0.3) is 0 Å². The highest BCUT2D eigenvalue weighted by Crippen LogP contribution is 2.28. The monoisotopic (exact) mass is 497 g/mol. The summed E-state index contributed by atoms with van der Waals surface area (Å²) in [6.07, 6.45) is 4.11. The Bertz CT molecular complexity index is 556. The van der Waals surface area contributed by atoms with Crippen LogP contribution in [-0.4, -0.2) is 48.5 Å². The normalized spacial score (nSPS) is 14.2. The number of aromatic nitrogens is 1. The highest BCUT2D eigenvalue weighted by molar-refractivity contribution is 14.0. The number of hydrogen-bond donors (Lipinski definition) is 2. The van der Waals surface area contributed by atoms with E-state index in [4.69, 9.17) is 0 Å². The molecule has 6 nitrogen and oxygen atoms in total. The van der Waals surface area contributed by atoms with Crippen molar-refractivity contribution in [3.05, 3.63) is 22.4 Å². The second-order valence-corrected chi connectivity index (χ2v) is 6.57. The lowest BCUT2D eigenvalue weighted by Crippen LogP contribution is -2.42. The van der Waals surface area contributed by atoms with Gasteiger partial charge in [-0.2, -0.15) is 0 Å². The second-order valence-electron chi connectivity index (χ2n) is 5.66. The van der Waals surface area contributed by atoms with Gasteiger partial charge in [-0.15, -0.1) is 24.0 Å². The number of halogens is 2. The van der Waals surface area contributed by atoms with E-state index >= 15 is 0 Å². The van der Waals surface area contributed by atoms with Crippen LogP contribution >= 0.6 is 39.9 Å².